The lowest BCUT2D eigenvalue weighted by Gasteiger charge is -2.41. The Labute approximate surface area is 130 Å². The number of alkyl halides is 1. The predicted molar refractivity (Wildman–Crippen MR) is 82.4 cm³/mol. The van der Waals surface area contributed by atoms with E-state index < -0.39 is 6.17 Å². The highest BCUT2D eigenvalue weighted by Crippen LogP contribution is 2.44. The number of nitrogens with zero attached hydrogens (tertiary/aromatic N) is 1. The number of methoxy groups -OCH3 is 1. The van der Waals surface area contributed by atoms with Gasteiger partial charge in [-0.05, 0) is 37.7 Å². The molecule has 3 rings (SSSR count). The van der Waals surface area contributed by atoms with E-state index in [4.69, 9.17) is 10.5 Å². The Morgan fingerprint density at radius 1 is 1.36 bits per heavy atom. The Bertz CT molecular complexity index is 544. The maximum atomic E-state index is 14.7. The molecule has 1 aliphatic carbocycles. The zero-order valence-electron chi connectivity index (χ0n) is 13.2. The van der Waals surface area contributed by atoms with E-state index in [0.717, 1.165) is 19.4 Å². The van der Waals surface area contributed by atoms with Crippen molar-refractivity contribution in [3.63, 3.8) is 0 Å². The van der Waals surface area contributed by atoms with Gasteiger partial charge in [-0.15, -0.1) is 0 Å². The van der Waals surface area contributed by atoms with E-state index in [1.807, 2.05) is 19.1 Å². The summed E-state index contributed by atoms with van der Waals surface area (Å²) < 4.78 is 33.2. The second-order valence-corrected chi connectivity index (χ2v) is 6.58. The maximum Gasteiger partial charge on any atom is 0.168 e. The summed E-state index contributed by atoms with van der Waals surface area (Å²) in [6.07, 6.45) is 1.72. The number of hydrogen-bond acceptors (Lipinski definition) is 3. The number of benzene rings is 1. The van der Waals surface area contributed by atoms with Crippen LogP contribution >= 0.6 is 0 Å². The fourth-order valence-electron chi connectivity index (χ4n) is 3.68. The van der Waals surface area contributed by atoms with Crippen molar-refractivity contribution in [3.05, 3.63) is 29.1 Å². The molecule has 0 amide bonds. The highest BCUT2D eigenvalue weighted by atomic mass is 19.1. The average Bonchev–Trinajstić information content (AvgIpc) is 2.84. The summed E-state index contributed by atoms with van der Waals surface area (Å²) in [5, 5.41) is 0. The van der Waals surface area contributed by atoms with Crippen LogP contribution in [0.15, 0.2) is 12.1 Å². The van der Waals surface area contributed by atoms with Crippen LogP contribution in [0.1, 0.15) is 49.3 Å². The van der Waals surface area contributed by atoms with Gasteiger partial charge in [0.1, 0.15) is 6.17 Å². The molecule has 0 radical (unpaired) electrons. The molecule has 2 atom stereocenters. The van der Waals surface area contributed by atoms with Gasteiger partial charge in [-0.25, -0.2) is 8.78 Å². The van der Waals surface area contributed by atoms with Crippen molar-refractivity contribution in [3.8, 4) is 5.75 Å². The monoisotopic (exact) mass is 310 g/mol. The Hall–Kier alpha value is -1.20. The number of nitrogens with two attached hydrogens (primary N) is 1. The molecular weight excluding hydrogens is 286 g/mol. The van der Waals surface area contributed by atoms with E-state index in [-0.39, 0.29) is 23.5 Å². The highest BCUT2D eigenvalue weighted by Gasteiger charge is 2.39. The third-order valence-electron chi connectivity index (χ3n) is 5.08. The molecule has 2 N–H and O–H groups in total. The van der Waals surface area contributed by atoms with Gasteiger partial charge in [0.25, 0.3) is 0 Å². The molecule has 2 fully saturated rings. The Morgan fingerprint density at radius 3 is 2.64 bits per heavy atom. The normalized spacial score (nSPS) is 30.1. The molecular formula is C17H24F2N2O. The van der Waals surface area contributed by atoms with Gasteiger partial charge in [-0.3, -0.25) is 4.90 Å². The summed E-state index contributed by atoms with van der Waals surface area (Å²) in [5.74, 6) is 0.172. The molecule has 2 aliphatic rings. The van der Waals surface area contributed by atoms with Crippen molar-refractivity contribution in [2.75, 3.05) is 20.2 Å². The van der Waals surface area contributed by atoms with Crippen LogP contribution in [0.25, 0.3) is 0 Å². The molecule has 1 aliphatic heterocycles. The average molecular weight is 310 g/mol. The standard InChI is InChI=1S/C17H24F2N2O/c1-10(20)14-3-4-15(16(19)17(14)22-2)11-7-13(8-11)21-6-5-12(18)9-21/h3-4,10-13H,5-9,20H2,1-2H3/t10-,11?,12+,13?/m0/s1. The third-order valence-corrected chi connectivity index (χ3v) is 5.08. The van der Waals surface area contributed by atoms with Crippen molar-refractivity contribution in [2.24, 2.45) is 5.73 Å². The molecule has 22 heavy (non-hydrogen) atoms. The van der Waals surface area contributed by atoms with E-state index >= 15 is 0 Å². The molecule has 3 nitrogen and oxygen atoms in total. The van der Waals surface area contributed by atoms with Crippen molar-refractivity contribution in [2.45, 2.75) is 50.4 Å². The smallest absolute Gasteiger partial charge is 0.168 e. The molecule has 0 spiro atoms. The van der Waals surface area contributed by atoms with Gasteiger partial charge >= 0.3 is 0 Å². The summed E-state index contributed by atoms with van der Waals surface area (Å²) in [7, 11) is 1.48. The molecule has 1 aromatic rings. The van der Waals surface area contributed by atoms with E-state index in [0.29, 0.717) is 30.1 Å². The minimum Gasteiger partial charge on any atom is -0.493 e. The second kappa shape index (κ2) is 6.13. The first-order valence-electron chi connectivity index (χ1n) is 8.01. The van der Waals surface area contributed by atoms with Crippen LogP contribution in [-0.4, -0.2) is 37.3 Å². The summed E-state index contributed by atoms with van der Waals surface area (Å²) in [6.45, 7) is 3.18. The second-order valence-electron chi connectivity index (χ2n) is 6.58. The summed E-state index contributed by atoms with van der Waals surface area (Å²) in [5.41, 5.74) is 7.26. The van der Waals surface area contributed by atoms with E-state index in [9.17, 15) is 8.78 Å². The van der Waals surface area contributed by atoms with Gasteiger partial charge in [-0.1, -0.05) is 12.1 Å². The summed E-state index contributed by atoms with van der Waals surface area (Å²) in [6, 6.07) is 3.82. The van der Waals surface area contributed by atoms with Gasteiger partial charge in [0.05, 0.1) is 7.11 Å². The Kier molecular flexibility index (Phi) is 4.37. The fourth-order valence-corrected chi connectivity index (χ4v) is 3.68. The minimum absolute atomic E-state index is 0.194. The molecule has 0 bridgehead atoms. The molecule has 1 aromatic carbocycles. The molecule has 5 heteroatoms. The fraction of sp³-hybridized carbons (Fsp3) is 0.647. The first kappa shape index (κ1) is 15.7. The van der Waals surface area contributed by atoms with Gasteiger partial charge in [-0.2, -0.15) is 0 Å². The zero-order valence-corrected chi connectivity index (χ0v) is 13.2. The largest absolute Gasteiger partial charge is 0.493 e. The van der Waals surface area contributed by atoms with Gasteiger partial charge in [0.2, 0.25) is 0 Å². The van der Waals surface area contributed by atoms with E-state index in [2.05, 4.69) is 4.90 Å². The maximum absolute atomic E-state index is 14.7. The van der Waals surface area contributed by atoms with Crippen LogP contribution in [0.2, 0.25) is 0 Å². The van der Waals surface area contributed by atoms with Crippen molar-refractivity contribution >= 4 is 0 Å². The molecule has 1 saturated heterocycles. The molecule has 1 saturated carbocycles. The number of ether oxygens (including phenoxy) is 1. The molecule has 0 aromatic heterocycles. The number of likely N-dealkylation sites (tertiary alicyclic amines) is 1. The van der Waals surface area contributed by atoms with Crippen LogP contribution in [0, 0.1) is 5.82 Å². The van der Waals surface area contributed by atoms with Crippen LogP contribution in [0.4, 0.5) is 8.78 Å². The molecule has 0 unspecified atom stereocenters. The SMILES string of the molecule is COc1c([C@H](C)N)ccc(C2CC(N3CC[C@@H](F)C3)C2)c1F. The van der Waals surface area contributed by atoms with Gasteiger partial charge in [0.15, 0.2) is 11.6 Å². The minimum atomic E-state index is -0.693. The lowest BCUT2D eigenvalue weighted by molar-refractivity contribution is 0.125. The zero-order chi connectivity index (χ0) is 15.9. The van der Waals surface area contributed by atoms with Crippen LogP contribution in [0.3, 0.4) is 0 Å². The van der Waals surface area contributed by atoms with E-state index in [1.54, 1.807) is 0 Å². The lowest BCUT2D eigenvalue weighted by Crippen LogP contribution is -2.42. The summed E-state index contributed by atoms with van der Waals surface area (Å²) >= 11 is 0. The Morgan fingerprint density at radius 2 is 2.09 bits per heavy atom. The van der Waals surface area contributed by atoms with E-state index in [1.165, 1.54) is 7.11 Å². The van der Waals surface area contributed by atoms with Crippen molar-refractivity contribution < 1.29 is 13.5 Å². The topological polar surface area (TPSA) is 38.5 Å². The number of hydrogen-bond donors (Lipinski definition) is 1. The number of rotatable bonds is 4. The first-order chi connectivity index (χ1) is 10.5. The number of halogens is 2. The van der Waals surface area contributed by atoms with Crippen LogP contribution in [0.5, 0.6) is 5.75 Å². The van der Waals surface area contributed by atoms with Crippen LogP contribution in [-0.2, 0) is 0 Å². The summed E-state index contributed by atoms with van der Waals surface area (Å²) in [4.78, 5) is 2.20. The lowest BCUT2D eigenvalue weighted by atomic mass is 9.74. The van der Waals surface area contributed by atoms with Gasteiger partial charge < -0.3 is 10.5 Å². The molecule has 122 valence electrons. The third kappa shape index (κ3) is 2.72. The van der Waals surface area contributed by atoms with Crippen molar-refractivity contribution in [1.29, 1.82) is 0 Å². The van der Waals surface area contributed by atoms with Crippen LogP contribution < -0.4 is 10.5 Å². The first-order valence-corrected chi connectivity index (χ1v) is 8.01. The quantitative estimate of drug-likeness (QED) is 0.928. The highest BCUT2D eigenvalue weighted by molar-refractivity contribution is 5.43. The molecule has 1 heterocycles. The predicted octanol–water partition coefficient (Wildman–Crippen LogP) is 3.14. The van der Waals surface area contributed by atoms with Gasteiger partial charge in [0, 0.05) is 30.7 Å². The van der Waals surface area contributed by atoms with Crippen molar-refractivity contribution in [1.82, 2.24) is 4.90 Å². The Balaban J connectivity index is 1.72.